The lowest BCUT2D eigenvalue weighted by Crippen LogP contribution is -2.71. The Morgan fingerprint density at radius 2 is 1.95 bits per heavy atom. The molecule has 1 saturated carbocycles. The molecule has 1 aliphatic heterocycles. The van der Waals surface area contributed by atoms with E-state index in [1.165, 1.54) is 0 Å². The maximum Gasteiger partial charge on any atom is 0.249 e. The summed E-state index contributed by atoms with van der Waals surface area (Å²) in [7, 11) is 0. The van der Waals surface area contributed by atoms with Crippen molar-refractivity contribution in [2.45, 2.75) is 63.8 Å². The van der Waals surface area contributed by atoms with E-state index in [4.69, 9.17) is 0 Å². The van der Waals surface area contributed by atoms with Crippen LogP contribution in [0.25, 0.3) is 0 Å². The zero-order valence-electron chi connectivity index (χ0n) is 13.8. The molecule has 0 aromatic rings. The maximum atomic E-state index is 13.0. The van der Waals surface area contributed by atoms with Gasteiger partial charge in [-0.25, -0.2) is 0 Å². The lowest BCUT2D eigenvalue weighted by atomic mass is 9.86. The van der Waals surface area contributed by atoms with E-state index in [0.29, 0.717) is 17.7 Å². The highest BCUT2D eigenvalue weighted by molar-refractivity contribution is 7.99. The maximum absolute atomic E-state index is 13.0. The molecular formula is C16H28N2O2S. The largest absolute Gasteiger partial charge is 0.340 e. The minimum atomic E-state index is -0.676. The van der Waals surface area contributed by atoms with Gasteiger partial charge in [-0.15, -0.1) is 0 Å². The second-order valence-electron chi connectivity index (χ2n) is 6.99. The van der Waals surface area contributed by atoms with Crippen LogP contribution in [0.3, 0.4) is 0 Å². The fourth-order valence-electron chi connectivity index (χ4n) is 3.23. The van der Waals surface area contributed by atoms with Crippen LogP contribution < -0.4 is 5.32 Å². The van der Waals surface area contributed by atoms with Gasteiger partial charge in [0.05, 0.1) is 0 Å². The van der Waals surface area contributed by atoms with Gasteiger partial charge >= 0.3 is 0 Å². The van der Waals surface area contributed by atoms with Crippen molar-refractivity contribution in [3.63, 3.8) is 0 Å². The SMILES string of the molecule is CSC(C)CCN1C(=O)C(C)(C2CC2)NC(=O)C1C(C)C. The second kappa shape index (κ2) is 6.19. The van der Waals surface area contributed by atoms with Crippen LogP contribution in [0.4, 0.5) is 0 Å². The van der Waals surface area contributed by atoms with Gasteiger partial charge < -0.3 is 10.2 Å². The monoisotopic (exact) mass is 312 g/mol. The van der Waals surface area contributed by atoms with E-state index in [-0.39, 0.29) is 23.8 Å². The third-order valence-corrected chi connectivity index (χ3v) is 5.94. The first-order valence-corrected chi connectivity index (χ1v) is 9.26. The number of hydrogen-bond donors (Lipinski definition) is 1. The third-order valence-electron chi connectivity index (χ3n) is 4.90. The Kier molecular flexibility index (Phi) is 4.91. The molecule has 2 amide bonds. The Bertz CT molecular complexity index is 423. The molecule has 0 spiro atoms. The fraction of sp³-hybridized carbons (Fsp3) is 0.875. The second-order valence-corrected chi connectivity index (χ2v) is 8.26. The van der Waals surface area contributed by atoms with Crippen molar-refractivity contribution in [2.75, 3.05) is 12.8 Å². The molecule has 1 N–H and O–H groups in total. The van der Waals surface area contributed by atoms with Crippen LogP contribution >= 0.6 is 11.8 Å². The third kappa shape index (κ3) is 3.22. The lowest BCUT2D eigenvalue weighted by Gasteiger charge is -2.46. The zero-order valence-corrected chi connectivity index (χ0v) is 14.6. The predicted molar refractivity (Wildman–Crippen MR) is 87.2 cm³/mol. The van der Waals surface area contributed by atoms with Gasteiger partial charge in [0.1, 0.15) is 11.6 Å². The Morgan fingerprint density at radius 3 is 2.43 bits per heavy atom. The van der Waals surface area contributed by atoms with Crippen molar-refractivity contribution in [1.82, 2.24) is 10.2 Å². The fourth-order valence-corrected chi connectivity index (χ4v) is 3.57. The van der Waals surface area contributed by atoms with Crippen molar-refractivity contribution >= 4 is 23.6 Å². The molecule has 2 aliphatic rings. The van der Waals surface area contributed by atoms with E-state index in [0.717, 1.165) is 19.3 Å². The summed E-state index contributed by atoms with van der Waals surface area (Å²) in [6, 6.07) is -0.321. The molecule has 1 saturated heterocycles. The molecule has 4 nitrogen and oxygen atoms in total. The van der Waals surface area contributed by atoms with Crippen molar-refractivity contribution in [3.05, 3.63) is 0 Å². The van der Waals surface area contributed by atoms with Crippen LogP contribution in [-0.4, -0.2) is 46.3 Å². The van der Waals surface area contributed by atoms with Crippen LogP contribution in [0.15, 0.2) is 0 Å². The summed E-state index contributed by atoms with van der Waals surface area (Å²) in [5.41, 5.74) is -0.676. The van der Waals surface area contributed by atoms with E-state index >= 15 is 0 Å². The Balaban J connectivity index is 2.20. The number of rotatable bonds is 6. The number of carbonyl (C=O) groups is 2. The molecule has 1 heterocycles. The van der Waals surface area contributed by atoms with Crippen molar-refractivity contribution in [2.24, 2.45) is 11.8 Å². The van der Waals surface area contributed by atoms with Gasteiger partial charge in [0.25, 0.3) is 0 Å². The van der Waals surface area contributed by atoms with Crippen molar-refractivity contribution < 1.29 is 9.59 Å². The van der Waals surface area contributed by atoms with Crippen LogP contribution in [0.5, 0.6) is 0 Å². The first-order valence-electron chi connectivity index (χ1n) is 7.97. The highest BCUT2D eigenvalue weighted by atomic mass is 32.2. The van der Waals surface area contributed by atoms with Gasteiger partial charge in [-0.2, -0.15) is 11.8 Å². The van der Waals surface area contributed by atoms with Crippen LogP contribution in [0.2, 0.25) is 0 Å². The zero-order chi connectivity index (χ0) is 15.8. The van der Waals surface area contributed by atoms with Crippen molar-refractivity contribution in [3.8, 4) is 0 Å². The number of nitrogens with zero attached hydrogens (tertiary/aromatic N) is 1. The summed E-state index contributed by atoms with van der Waals surface area (Å²) in [6.45, 7) is 8.79. The molecule has 21 heavy (non-hydrogen) atoms. The molecule has 5 heteroatoms. The van der Waals surface area contributed by atoms with Gasteiger partial charge in [-0.1, -0.05) is 20.8 Å². The van der Waals surface area contributed by atoms with E-state index in [2.05, 4.69) is 18.5 Å². The van der Waals surface area contributed by atoms with Crippen molar-refractivity contribution in [1.29, 1.82) is 0 Å². The highest BCUT2D eigenvalue weighted by Gasteiger charge is 2.55. The summed E-state index contributed by atoms with van der Waals surface area (Å²) in [4.78, 5) is 27.4. The summed E-state index contributed by atoms with van der Waals surface area (Å²) < 4.78 is 0. The normalized spacial score (nSPS) is 31.5. The summed E-state index contributed by atoms with van der Waals surface area (Å²) >= 11 is 1.81. The number of thioether (sulfide) groups is 1. The van der Waals surface area contributed by atoms with E-state index in [1.807, 2.05) is 25.7 Å². The molecule has 3 atom stereocenters. The number of nitrogens with one attached hydrogen (secondary N) is 1. The van der Waals surface area contributed by atoms with E-state index in [9.17, 15) is 9.59 Å². The molecule has 2 rings (SSSR count). The quantitative estimate of drug-likeness (QED) is 0.818. The summed E-state index contributed by atoms with van der Waals surface area (Å²) in [5, 5.41) is 3.53. The van der Waals surface area contributed by atoms with E-state index < -0.39 is 5.54 Å². The molecule has 2 fully saturated rings. The average Bonchev–Trinajstić information content (AvgIpc) is 3.24. The highest BCUT2D eigenvalue weighted by Crippen LogP contribution is 2.42. The smallest absolute Gasteiger partial charge is 0.249 e. The molecule has 0 radical (unpaired) electrons. The first-order chi connectivity index (χ1) is 9.81. The Hall–Kier alpha value is -0.710. The Labute approximate surface area is 132 Å². The lowest BCUT2D eigenvalue weighted by molar-refractivity contribution is -0.157. The molecular weight excluding hydrogens is 284 g/mol. The topological polar surface area (TPSA) is 49.4 Å². The first kappa shape index (κ1) is 16.7. The average molecular weight is 312 g/mol. The van der Waals surface area contributed by atoms with E-state index in [1.54, 1.807) is 11.8 Å². The predicted octanol–water partition coefficient (Wildman–Crippen LogP) is 2.28. The molecule has 0 aromatic heterocycles. The minimum absolute atomic E-state index is 0.0239. The number of hydrogen-bond acceptors (Lipinski definition) is 3. The standard InChI is InChI=1S/C16H28N2O2S/c1-10(2)13-14(19)17-16(4,12-6-7-12)15(20)18(13)9-8-11(3)21-5/h10-13H,6-9H2,1-5H3,(H,17,19). The van der Waals surface area contributed by atoms with Gasteiger partial charge in [0, 0.05) is 11.8 Å². The molecule has 3 unspecified atom stereocenters. The molecule has 0 aromatic carbocycles. The van der Waals surface area contributed by atoms with Crippen LogP contribution in [-0.2, 0) is 9.59 Å². The Morgan fingerprint density at radius 1 is 1.33 bits per heavy atom. The van der Waals surface area contributed by atoms with Gasteiger partial charge in [-0.05, 0) is 44.3 Å². The van der Waals surface area contributed by atoms with Crippen LogP contribution in [0, 0.1) is 11.8 Å². The van der Waals surface area contributed by atoms with Crippen LogP contribution in [0.1, 0.15) is 47.0 Å². The number of amides is 2. The van der Waals surface area contributed by atoms with Gasteiger partial charge in [0.15, 0.2) is 0 Å². The number of piperazine rings is 1. The minimum Gasteiger partial charge on any atom is -0.340 e. The summed E-state index contributed by atoms with van der Waals surface area (Å²) in [5.74, 6) is 0.609. The molecule has 0 bridgehead atoms. The number of carbonyl (C=O) groups excluding carboxylic acids is 2. The van der Waals surface area contributed by atoms with Gasteiger partial charge in [0.2, 0.25) is 11.8 Å². The molecule has 1 aliphatic carbocycles. The van der Waals surface area contributed by atoms with Gasteiger partial charge in [-0.3, -0.25) is 9.59 Å². The summed E-state index contributed by atoms with van der Waals surface area (Å²) in [6.07, 6.45) is 5.11. The molecule has 120 valence electrons.